The minimum atomic E-state index is -0.202. The zero-order valence-electron chi connectivity index (χ0n) is 23.3. The molecule has 4 aliphatic carbocycles. The predicted molar refractivity (Wildman–Crippen MR) is 149 cm³/mol. The summed E-state index contributed by atoms with van der Waals surface area (Å²) in [5, 5.41) is 0. The first-order valence-electron chi connectivity index (χ1n) is 14.9. The summed E-state index contributed by atoms with van der Waals surface area (Å²) >= 11 is 0. The number of hydrogen-bond donors (Lipinski definition) is 0. The van der Waals surface area contributed by atoms with Crippen LogP contribution in [0.3, 0.4) is 0 Å². The summed E-state index contributed by atoms with van der Waals surface area (Å²) in [6, 6.07) is 9.41. The Hall–Kier alpha value is -1.83. The third-order valence-electron chi connectivity index (χ3n) is 11.1. The van der Waals surface area contributed by atoms with E-state index >= 15 is 0 Å². The lowest BCUT2D eigenvalue weighted by Gasteiger charge is -2.57. The molecule has 0 N–H and O–H groups in total. The molecule has 0 amide bonds. The summed E-state index contributed by atoms with van der Waals surface area (Å²) < 4.78 is 5.93. The van der Waals surface area contributed by atoms with Gasteiger partial charge in [0.2, 0.25) is 0 Å². The highest BCUT2D eigenvalue weighted by molar-refractivity contribution is 5.89. The summed E-state index contributed by atoms with van der Waals surface area (Å²) in [6.07, 6.45) is 19.0. The van der Waals surface area contributed by atoms with Crippen LogP contribution in [-0.2, 0) is 4.74 Å². The third kappa shape index (κ3) is 4.63. The number of benzene rings is 1. The van der Waals surface area contributed by atoms with E-state index in [9.17, 15) is 4.79 Å². The van der Waals surface area contributed by atoms with Gasteiger partial charge in [-0.2, -0.15) is 0 Å². The van der Waals surface area contributed by atoms with E-state index in [1.807, 2.05) is 30.3 Å². The van der Waals surface area contributed by atoms with E-state index in [0.717, 1.165) is 42.4 Å². The summed E-state index contributed by atoms with van der Waals surface area (Å²) in [4.78, 5) is 12.7. The molecule has 2 nitrogen and oxygen atoms in total. The van der Waals surface area contributed by atoms with Crippen molar-refractivity contribution in [2.75, 3.05) is 0 Å². The van der Waals surface area contributed by atoms with Crippen LogP contribution in [0, 0.1) is 46.3 Å². The topological polar surface area (TPSA) is 26.3 Å². The number of carbonyl (C=O) groups is 1. The standard InChI is InChI=1S/C34H48O2/c1-23(2)10-9-11-24(3)29-16-17-30-28-15-14-26-22-27(36-32(35)25-12-7-6-8-13-25)18-20-33(26,4)31(28)19-21-34(29,30)5/h6-8,12-15,22-24,27-31H,9-11,16-21H2,1-5H3/t24-,27-,28+,29-,30+,31+,33-,34+/m0/s1. The minimum absolute atomic E-state index is 0.113. The Labute approximate surface area is 220 Å². The highest BCUT2D eigenvalue weighted by Gasteiger charge is 2.58. The largest absolute Gasteiger partial charge is 0.455 e. The molecule has 8 atom stereocenters. The first-order valence-corrected chi connectivity index (χ1v) is 14.9. The van der Waals surface area contributed by atoms with Gasteiger partial charge in [-0.3, -0.25) is 0 Å². The van der Waals surface area contributed by atoms with Gasteiger partial charge < -0.3 is 4.74 Å². The zero-order valence-corrected chi connectivity index (χ0v) is 23.3. The maximum Gasteiger partial charge on any atom is 0.338 e. The van der Waals surface area contributed by atoms with Crippen LogP contribution in [-0.4, -0.2) is 12.1 Å². The molecule has 0 spiro atoms. The third-order valence-corrected chi connectivity index (χ3v) is 11.1. The van der Waals surface area contributed by atoms with Gasteiger partial charge in [-0.1, -0.05) is 84.2 Å². The SMILES string of the molecule is CC(C)CCC[C@H](C)[C@@H]1CC[C@@H]2[C@H]3C=CC4=C[C@@H](OC(=O)c5ccccc5)CC[C@]4(C)[C@@H]3CC[C@@]21C. The van der Waals surface area contributed by atoms with E-state index in [0.29, 0.717) is 16.9 Å². The van der Waals surface area contributed by atoms with E-state index in [4.69, 9.17) is 4.74 Å². The number of esters is 1. The van der Waals surface area contributed by atoms with Crippen molar-refractivity contribution in [2.45, 2.75) is 98.5 Å². The number of fused-ring (bicyclic) bond motifs is 5. The fourth-order valence-electron chi connectivity index (χ4n) is 9.02. The van der Waals surface area contributed by atoms with Crippen LogP contribution < -0.4 is 0 Å². The molecule has 196 valence electrons. The van der Waals surface area contributed by atoms with E-state index in [1.54, 1.807) is 0 Å². The Morgan fingerprint density at radius 2 is 1.75 bits per heavy atom. The number of carbonyl (C=O) groups excluding carboxylic acids is 1. The lowest BCUT2D eigenvalue weighted by Crippen LogP contribution is -2.49. The average Bonchev–Trinajstić information content (AvgIpc) is 3.22. The van der Waals surface area contributed by atoms with E-state index < -0.39 is 0 Å². The minimum Gasteiger partial charge on any atom is -0.455 e. The van der Waals surface area contributed by atoms with Crippen molar-refractivity contribution in [3.05, 3.63) is 59.7 Å². The second-order valence-electron chi connectivity index (χ2n) is 13.6. The van der Waals surface area contributed by atoms with Crippen LogP contribution >= 0.6 is 0 Å². The Morgan fingerprint density at radius 3 is 2.50 bits per heavy atom. The van der Waals surface area contributed by atoms with Crippen molar-refractivity contribution < 1.29 is 9.53 Å². The van der Waals surface area contributed by atoms with Gasteiger partial charge in [0.15, 0.2) is 0 Å². The predicted octanol–water partition coefficient (Wildman–Crippen LogP) is 9.03. The zero-order chi connectivity index (χ0) is 25.5. The van der Waals surface area contributed by atoms with Gasteiger partial charge in [0, 0.05) is 0 Å². The molecule has 0 aliphatic heterocycles. The number of ether oxygens (including phenoxy) is 1. The smallest absolute Gasteiger partial charge is 0.338 e. The maximum absolute atomic E-state index is 12.7. The van der Waals surface area contributed by atoms with Crippen molar-refractivity contribution in [1.82, 2.24) is 0 Å². The van der Waals surface area contributed by atoms with Gasteiger partial charge in [-0.15, -0.1) is 0 Å². The quantitative estimate of drug-likeness (QED) is 0.358. The Kier molecular flexibility index (Phi) is 7.27. The van der Waals surface area contributed by atoms with Crippen molar-refractivity contribution >= 4 is 5.97 Å². The van der Waals surface area contributed by atoms with Crippen molar-refractivity contribution in [3.8, 4) is 0 Å². The van der Waals surface area contributed by atoms with E-state index in [2.05, 4.69) is 52.8 Å². The fraction of sp³-hybridized carbons (Fsp3) is 0.676. The highest BCUT2D eigenvalue weighted by Crippen LogP contribution is 2.66. The van der Waals surface area contributed by atoms with Crippen LogP contribution in [0.2, 0.25) is 0 Å². The van der Waals surface area contributed by atoms with Crippen LogP contribution in [0.1, 0.15) is 103 Å². The number of hydrogen-bond acceptors (Lipinski definition) is 2. The molecule has 0 heterocycles. The van der Waals surface area contributed by atoms with E-state index in [-0.39, 0.29) is 17.5 Å². The van der Waals surface area contributed by atoms with Crippen LogP contribution in [0.15, 0.2) is 54.1 Å². The summed E-state index contributed by atoms with van der Waals surface area (Å²) in [5.41, 5.74) is 2.78. The molecule has 2 saturated carbocycles. The molecule has 0 aromatic heterocycles. The molecule has 1 aromatic rings. The van der Waals surface area contributed by atoms with E-state index in [1.165, 1.54) is 50.5 Å². The Balaban J connectivity index is 1.30. The average molecular weight is 489 g/mol. The first kappa shape index (κ1) is 25.8. The Bertz CT molecular complexity index is 990. The molecule has 5 rings (SSSR count). The molecule has 4 aliphatic rings. The molecule has 0 unspecified atom stereocenters. The number of allylic oxidation sites excluding steroid dienone is 3. The molecule has 2 heteroatoms. The molecular formula is C34H48O2. The molecule has 0 bridgehead atoms. The summed E-state index contributed by atoms with van der Waals surface area (Å²) in [6.45, 7) is 12.4. The van der Waals surface area contributed by atoms with Crippen molar-refractivity contribution in [2.24, 2.45) is 46.3 Å². The maximum atomic E-state index is 12.7. The molecule has 0 radical (unpaired) electrons. The lowest BCUT2D eigenvalue weighted by molar-refractivity contribution is -0.0316. The van der Waals surface area contributed by atoms with Gasteiger partial charge in [-0.05, 0) is 109 Å². The van der Waals surface area contributed by atoms with Crippen molar-refractivity contribution in [1.29, 1.82) is 0 Å². The molecule has 2 fully saturated rings. The molecule has 36 heavy (non-hydrogen) atoms. The van der Waals surface area contributed by atoms with Gasteiger partial charge in [0.25, 0.3) is 0 Å². The first-order chi connectivity index (χ1) is 17.2. The summed E-state index contributed by atoms with van der Waals surface area (Å²) in [5.74, 6) is 4.64. The second-order valence-corrected chi connectivity index (χ2v) is 13.6. The monoisotopic (exact) mass is 488 g/mol. The molecule has 0 saturated heterocycles. The lowest BCUT2D eigenvalue weighted by atomic mass is 9.48. The number of rotatable bonds is 7. The van der Waals surface area contributed by atoms with Crippen LogP contribution in [0.4, 0.5) is 0 Å². The van der Waals surface area contributed by atoms with Gasteiger partial charge in [-0.25, -0.2) is 4.79 Å². The highest BCUT2D eigenvalue weighted by atomic mass is 16.5. The van der Waals surface area contributed by atoms with Gasteiger partial charge in [0.05, 0.1) is 5.56 Å². The second kappa shape index (κ2) is 10.1. The van der Waals surface area contributed by atoms with Gasteiger partial charge >= 0.3 is 5.97 Å². The summed E-state index contributed by atoms with van der Waals surface area (Å²) in [7, 11) is 0. The normalized spacial score (nSPS) is 38.1. The molecular weight excluding hydrogens is 440 g/mol. The Morgan fingerprint density at radius 1 is 0.972 bits per heavy atom. The van der Waals surface area contributed by atoms with Crippen LogP contribution in [0.25, 0.3) is 0 Å². The van der Waals surface area contributed by atoms with Crippen LogP contribution in [0.5, 0.6) is 0 Å². The molecule has 1 aromatic carbocycles. The fourth-order valence-corrected chi connectivity index (χ4v) is 9.02. The van der Waals surface area contributed by atoms with Crippen molar-refractivity contribution in [3.63, 3.8) is 0 Å². The van der Waals surface area contributed by atoms with Gasteiger partial charge in [0.1, 0.15) is 6.10 Å².